The van der Waals surface area contributed by atoms with E-state index >= 15 is 0 Å². The van der Waals surface area contributed by atoms with E-state index in [1.807, 2.05) is 0 Å². The van der Waals surface area contributed by atoms with Gasteiger partial charge in [-0.3, -0.25) is 0 Å². The van der Waals surface area contributed by atoms with E-state index in [0.29, 0.717) is 6.42 Å². The Morgan fingerprint density at radius 1 is 1.80 bits per heavy atom. The molecular weight excluding hydrogens is 179 g/mol. The first-order valence-electron chi connectivity index (χ1n) is 2.70. The normalized spacial score (nSPS) is 27.7. The maximum absolute atomic E-state index is 10.1. The molecule has 6 heteroatoms. The predicted molar refractivity (Wildman–Crippen MR) is 37.6 cm³/mol. The third-order valence-electron chi connectivity index (χ3n) is 1.50. The molecule has 1 fully saturated rings. The van der Waals surface area contributed by atoms with Crippen molar-refractivity contribution in [2.24, 2.45) is 0 Å². The van der Waals surface area contributed by atoms with Crippen LogP contribution in [0.5, 0.6) is 0 Å². The third-order valence-corrected chi connectivity index (χ3v) is 2.31. The molecule has 0 aromatic rings. The van der Waals surface area contributed by atoms with E-state index < -0.39 is 9.37 Å². The van der Waals surface area contributed by atoms with Gasteiger partial charge in [0.05, 0.1) is 7.05 Å². The monoisotopic (exact) mass is 184 g/mol. The topological polar surface area (TPSA) is 46.4 Å². The van der Waals surface area contributed by atoms with Crippen LogP contribution >= 0.6 is 23.2 Å². The van der Waals surface area contributed by atoms with Crippen LogP contribution in [0.25, 0.3) is 0 Å². The molecule has 0 heterocycles. The van der Waals surface area contributed by atoms with Gasteiger partial charge in [-0.15, -0.1) is 5.01 Å². The molecule has 0 saturated heterocycles. The van der Waals surface area contributed by atoms with E-state index in [2.05, 4.69) is 0 Å². The van der Waals surface area contributed by atoms with E-state index in [1.54, 1.807) is 0 Å². The Kier molecular flexibility index (Phi) is 1.68. The first kappa shape index (κ1) is 7.88. The van der Waals surface area contributed by atoms with Crippen molar-refractivity contribution in [3.05, 3.63) is 10.1 Å². The van der Waals surface area contributed by atoms with Crippen LogP contribution < -0.4 is 0 Å². The summed E-state index contributed by atoms with van der Waals surface area (Å²) in [5.41, 5.74) is 0. The number of hydrazine groups is 1. The summed E-state index contributed by atoms with van der Waals surface area (Å²) < 4.78 is -0.901. The number of hydrogen-bond acceptors (Lipinski definition) is 2. The molecule has 0 N–H and O–H groups in total. The Bertz CT molecular complexity index is 173. The highest BCUT2D eigenvalue weighted by molar-refractivity contribution is 6.51. The number of hydrogen-bond donors (Lipinski definition) is 0. The van der Waals surface area contributed by atoms with Crippen LogP contribution in [0.2, 0.25) is 0 Å². The Morgan fingerprint density at radius 2 is 2.20 bits per heavy atom. The SMILES string of the molecule is CN(C1CC1(Cl)Cl)[N+](=O)[O-]. The van der Waals surface area contributed by atoms with Crippen LogP contribution in [0.15, 0.2) is 0 Å². The minimum Gasteiger partial charge on any atom is -0.235 e. The fourth-order valence-corrected chi connectivity index (χ4v) is 1.29. The van der Waals surface area contributed by atoms with Gasteiger partial charge in [0, 0.05) is 6.42 Å². The summed E-state index contributed by atoms with van der Waals surface area (Å²) in [6.07, 6.45) is 0.466. The number of rotatable bonds is 2. The van der Waals surface area contributed by atoms with Crippen molar-refractivity contribution in [1.82, 2.24) is 5.01 Å². The lowest BCUT2D eigenvalue weighted by molar-refractivity contribution is -0.652. The van der Waals surface area contributed by atoms with Crippen molar-refractivity contribution in [3.8, 4) is 0 Å². The van der Waals surface area contributed by atoms with Crippen molar-refractivity contribution in [3.63, 3.8) is 0 Å². The molecule has 0 aromatic carbocycles. The second-order valence-corrected chi connectivity index (χ2v) is 3.83. The van der Waals surface area contributed by atoms with E-state index in [1.165, 1.54) is 7.05 Å². The van der Waals surface area contributed by atoms with Gasteiger partial charge in [0.1, 0.15) is 10.4 Å². The van der Waals surface area contributed by atoms with Gasteiger partial charge in [-0.1, -0.05) is 23.2 Å². The second kappa shape index (κ2) is 2.13. The minimum absolute atomic E-state index is 0.328. The highest BCUT2D eigenvalue weighted by atomic mass is 35.5. The zero-order valence-corrected chi connectivity index (χ0v) is 6.76. The summed E-state index contributed by atoms with van der Waals surface area (Å²) in [5.74, 6) is 0. The molecule has 1 unspecified atom stereocenters. The lowest BCUT2D eigenvalue weighted by atomic mass is 10.7. The predicted octanol–water partition coefficient (Wildman–Crippen LogP) is 1.06. The lowest BCUT2D eigenvalue weighted by Gasteiger charge is -2.06. The quantitative estimate of drug-likeness (QED) is 0.367. The number of alkyl halides is 2. The number of nitrogens with zero attached hydrogens (tertiary/aromatic N) is 2. The molecule has 0 bridgehead atoms. The van der Waals surface area contributed by atoms with E-state index in [-0.39, 0.29) is 6.04 Å². The van der Waals surface area contributed by atoms with Gasteiger partial charge in [0.2, 0.25) is 0 Å². The van der Waals surface area contributed by atoms with Crippen molar-refractivity contribution in [2.45, 2.75) is 16.8 Å². The highest BCUT2D eigenvalue weighted by Crippen LogP contribution is 2.49. The molecule has 1 rings (SSSR count). The zero-order valence-electron chi connectivity index (χ0n) is 5.25. The molecule has 0 aromatic heterocycles. The van der Waals surface area contributed by atoms with Crippen molar-refractivity contribution in [2.75, 3.05) is 7.05 Å². The molecule has 0 spiro atoms. The molecule has 0 radical (unpaired) electrons. The Balaban J connectivity index is 2.47. The van der Waals surface area contributed by atoms with Gasteiger partial charge in [-0.25, -0.2) is 10.1 Å². The Morgan fingerprint density at radius 3 is 2.30 bits per heavy atom. The van der Waals surface area contributed by atoms with Gasteiger partial charge >= 0.3 is 0 Å². The first-order valence-corrected chi connectivity index (χ1v) is 3.45. The molecule has 1 atom stereocenters. The fraction of sp³-hybridized carbons (Fsp3) is 1.00. The molecule has 1 saturated carbocycles. The van der Waals surface area contributed by atoms with Gasteiger partial charge in [-0.05, 0) is 0 Å². The van der Waals surface area contributed by atoms with Crippen LogP contribution in [0.1, 0.15) is 6.42 Å². The minimum atomic E-state index is -0.901. The van der Waals surface area contributed by atoms with Crippen molar-refractivity contribution >= 4 is 23.2 Å². The van der Waals surface area contributed by atoms with Crippen LogP contribution in [0, 0.1) is 10.1 Å². The smallest absolute Gasteiger partial charge is 0.160 e. The Hall–Kier alpha value is -0.220. The standard InChI is InChI=1S/C4H6Cl2N2O2/c1-7(8(9)10)3-2-4(3,5)6/h3H,2H2,1H3. The molecule has 0 aliphatic heterocycles. The van der Waals surface area contributed by atoms with Crippen LogP contribution in [-0.2, 0) is 0 Å². The van der Waals surface area contributed by atoms with Crippen molar-refractivity contribution < 1.29 is 5.03 Å². The van der Waals surface area contributed by atoms with Crippen LogP contribution in [-0.4, -0.2) is 27.5 Å². The first-order chi connectivity index (χ1) is 4.45. The zero-order chi connectivity index (χ0) is 7.94. The highest BCUT2D eigenvalue weighted by Gasteiger charge is 2.58. The molecular formula is C4H6Cl2N2O2. The lowest BCUT2D eigenvalue weighted by Crippen LogP contribution is -2.30. The van der Waals surface area contributed by atoms with Crippen molar-refractivity contribution in [1.29, 1.82) is 0 Å². The van der Waals surface area contributed by atoms with E-state index in [4.69, 9.17) is 23.2 Å². The molecule has 10 heavy (non-hydrogen) atoms. The average Bonchev–Trinajstić information content (AvgIpc) is 2.38. The summed E-state index contributed by atoms with van der Waals surface area (Å²) in [4.78, 5) is 10.1. The molecule has 58 valence electrons. The number of halogens is 2. The second-order valence-electron chi connectivity index (χ2n) is 2.29. The van der Waals surface area contributed by atoms with Gasteiger partial charge in [-0.2, -0.15) is 0 Å². The average molecular weight is 185 g/mol. The molecule has 1 aliphatic carbocycles. The number of nitro groups is 1. The largest absolute Gasteiger partial charge is 0.235 e. The molecule has 4 nitrogen and oxygen atoms in total. The van der Waals surface area contributed by atoms with Gasteiger partial charge in [0.15, 0.2) is 5.03 Å². The van der Waals surface area contributed by atoms with Gasteiger partial charge in [0.25, 0.3) is 0 Å². The van der Waals surface area contributed by atoms with Crippen LogP contribution in [0.4, 0.5) is 0 Å². The summed E-state index contributed by atoms with van der Waals surface area (Å²) in [7, 11) is 1.36. The summed E-state index contributed by atoms with van der Waals surface area (Å²) in [5, 5.41) is 10.5. The summed E-state index contributed by atoms with van der Waals surface area (Å²) in [6, 6.07) is -0.328. The van der Waals surface area contributed by atoms with Crippen LogP contribution in [0.3, 0.4) is 0 Å². The van der Waals surface area contributed by atoms with Gasteiger partial charge < -0.3 is 0 Å². The Labute approximate surface area is 67.8 Å². The summed E-state index contributed by atoms with van der Waals surface area (Å²) in [6.45, 7) is 0. The maximum Gasteiger partial charge on any atom is 0.160 e. The molecule has 1 aliphatic rings. The molecule has 0 amide bonds. The fourth-order valence-electron chi connectivity index (χ4n) is 0.718. The maximum atomic E-state index is 10.1. The third kappa shape index (κ3) is 1.27. The van der Waals surface area contributed by atoms with E-state index in [9.17, 15) is 10.1 Å². The van der Waals surface area contributed by atoms with E-state index in [0.717, 1.165) is 5.01 Å². The summed E-state index contributed by atoms with van der Waals surface area (Å²) >= 11 is 11.1.